The average Bonchev–Trinajstić information content (AvgIpc) is 3.92. The van der Waals surface area contributed by atoms with Crippen molar-refractivity contribution in [3.05, 3.63) is 144 Å². The van der Waals surface area contributed by atoms with Gasteiger partial charge in [0.25, 0.3) is 0 Å². The summed E-state index contributed by atoms with van der Waals surface area (Å²) in [5, 5.41) is 0. The SMILES string of the molecule is CC(=O)Oc1c(C)cc(CC2CCC3C4CCC(C4Cc4cc(C)c(Oc5c(F)c(F)c(C(C)(C)Oc6c(C)cc(C(C)(C)Oc7c(C)cc(C)cc7C)cc6C)c(F)c5F)c(C)c4)C23)cc1C. The highest BCUT2D eigenvalue weighted by Gasteiger charge is 2.58. The molecule has 3 saturated carbocycles. The van der Waals surface area contributed by atoms with Gasteiger partial charge in [0, 0.05) is 6.92 Å². The summed E-state index contributed by atoms with van der Waals surface area (Å²) in [6.07, 6.45) is 6.82. The van der Waals surface area contributed by atoms with Crippen molar-refractivity contribution in [2.24, 2.45) is 35.5 Å². The van der Waals surface area contributed by atoms with Crippen LogP contribution in [0.5, 0.6) is 28.7 Å². The Morgan fingerprint density at radius 3 is 1.49 bits per heavy atom. The van der Waals surface area contributed by atoms with Crippen molar-refractivity contribution < 1.29 is 41.3 Å². The van der Waals surface area contributed by atoms with Gasteiger partial charge in [0.2, 0.25) is 17.4 Å². The molecule has 9 heteroatoms. The molecule has 0 spiro atoms. The fourth-order valence-electron chi connectivity index (χ4n) is 13.1. The molecule has 6 unspecified atom stereocenters. The Hall–Kier alpha value is -5.31. The highest BCUT2D eigenvalue weighted by atomic mass is 19.2. The molecule has 362 valence electrons. The van der Waals surface area contributed by atoms with Crippen molar-refractivity contribution in [2.75, 3.05) is 0 Å². The topological polar surface area (TPSA) is 54.0 Å². The highest BCUT2D eigenvalue weighted by molar-refractivity contribution is 5.70. The zero-order valence-electron chi connectivity index (χ0n) is 42.4. The van der Waals surface area contributed by atoms with Gasteiger partial charge in [0.1, 0.15) is 34.2 Å². The molecule has 6 atom stereocenters. The van der Waals surface area contributed by atoms with Crippen molar-refractivity contribution in [1.29, 1.82) is 0 Å². The molecule has 0 radical (unpaired) electrons. The van der Waals surface area contributed by atoms with Crippen LogP contribution < -0.4 is 18.9 Å². The molecule has 0 N–H and O–H groups in total. The number of hydrogen-bond acceptors (Lipinski definition) is 5. The van der Waals surface area contributed by atoms with E-state index in [1.165, 1.54) is 52.0 Å². The Bertz CT molecular complexity index is 2700. The van der Waals surface area contributed by atoms with Gasteiger partial charge in [-0.05, 0) is 237 Å². The first kappa shape index (κ1) is 49.1. The molecular weight excluding hydrogens is 865 g/mol. The van der Waals surface area contributed by atoms with E-state index >= 15 is 17.6 Å². The number of carbonyl (C=O) groups excluding carboxylic acids is 1. The molecule has 5 aromatic carbocycles. The zero-order chi connectivity index (χ0) is 49.5. The van der Waals surface area contributed by atoms with E-state index in [0.717, 1.165) is 57.5 Å². The van der Waals surface area contributed by atoms with Gasteiger partial charge in [-0.25, -0.2) is 8.78 Å². The van der Waals surface area contributed by atoms with Crippen LogP contribution in [-0.4, -0.2) is 5.97 Å². The fourth-order valence-corrected chi connectivity index (χ4v) is 13.1. The molecular formula is C59H68F4O5. The lowest BCUT2D eigenvalue weighted by molar-refractivity contribution is -0.132. The van der Waals surface area contributed by atoms with E-state index in [4.69, 9.17) is 18.9 Å². The second-order valence-corrected chi connectivity index (χ2v) is 21.7. The minimum absolute atomic E-state index is 0.163. The van der Waals surface area contributed by atoms with Crippen molar-refractivity contribution in [3.8, 4) is 28.7 Å². The van der Waals surface area contributed by atoms with Crippen molar-refractivity contribution in [3.63, 3.8) is 0 Å². The minimum atomic E-state index is -1.84. The molecule has 0 aliphatic heterocycles. The van der Waals surface area contributed by atoms with E-state index in [0.29, 0.717) is 69.3 Å². The third-order valence-electron chi connectivity index (χ3n) is 15.6. The summed E-state index contributed by atoms with van der Waals surface area (Å²) >= 11 is 0. The Morgan fingerprint density at radius 2 is 0.956 bits per heavy atom. The molecule has 2 bridgehead atoms. The Morgan fingerprint density at radius 1 is 0.515 bits per heavy atom. The first-order valence-electron chi connectivity index (χ1n) is 24.4. The van der Waals surface area contributed by atoms with Crippen molar-refractivity contribution in [2.45, 2.75) is 147 Å². The molecule has 68 heavy (non-hydrogen) atoms. The maximum absolute atomic E-state index is 16.3. The quantitative estimate of drug-likeness (QED) is 0.0510. The number of halogens is 4. The average molecular weight is 933 g/mol. The minimum Gasteiger partial charge on any atom is -0.483 e. The maximum atomic E-state index is 16.3. The molecule has 0 saturated heterocycles. The van der Waals surface area contributed by atoms with Crippen LogP contribution in [0.2, 0.25) is 0 Å². The predicted octanol–water partition coefficient (Wildman–Crippen LogP) is 15.4. The zero-order valence-corrected chi connectivity index (χ0v) is 42.4. The van der Waals surface area contributed by atoms with Crippen LogP contribution in [0.1, 0.15) is 133 Å². The first-order valence-corrected chi connectivity index (χ1v) is 24.4. The molecule has 0 amide bonds. The second kappa shape index (κ2) is 18.2. The van der Waals surface area contributed by atoms with Crippen LogP contribution in [0.4, 0.5) is 17.6 Å². The van der Waals surface area contributed by atoms with E-state index in [1.54, 1.807) is 13.8 Å². The summed E-state index contributed by atoms with van der Waals surface area (Å²) in [5.41, 5.74) is 7.57. The summed E-state index contributed by atoms with van der Waals surface area (Å²) in [7, 11) is 0. The van der Waals surface area contributed by atoms with Gasteiger partial charge in [-0.1, -0.05) is 42.0 Å². The van der Waals surface area contributed by atoms with Crippen LogP contribution in [0, 0.1) is 121 Å². The summed E-state index contributed by atoms with van der Waals surface area (Å²) in [6, 6.07) is 16.3. The first-order chi connectivity index (χ1) is 31.9. The maximum Gasteiger partial charge on any atom is 0.308 e. The number of rotatable bonds is 13. The number of carbonyl (C=O) groups is 1. The van der Waals surface area contributed by atoms with E-state index in [2.05, 4.69) is 24.3 Å². The molecule has 3 aliphatic carbocycles. The van der Waals surface area contributed by atoms with Crippen LogP contribution in [-0.2, 0) is 28.8 Å². The summed E-state index contributed by atoms with van der Waals surface area (Å²) in [6.45, 7) is 25.5. The van der Waals surface area contributed by atoms with Crippen molar-refractivity contribution in [1.82, 2.24) is 0 Å². The van der Waals surface area contributed by atoms with Gasteiger partial charge in [-0.15, -0.1) is 0 Å². The van der Waals surface area contributed by atoms with E-state index in [-0.39, 0.29) is 11.7 Å². The van der Waals surface area contributed by atoms with Crippen LogP contribution in [0.3, 0.4) is 0 Å². The van der Waals surface area contributed by atoms with Gasteiger partial charge in [-0.3, -0.25) is 4.79 Å². The molecule has 3 aliphatic rings. The van der Waals surface area contributed by atoms with E-state index in [1.807, 2.05) is 86.6 Å². The Labute approximate surface area is 401 Å². The highest BCUT2D eigenvalue weighted by Crippen LogP contribution is 2.64. The number of hydrogen-bond donors (Lipinski definition) is 0. The fraction of sp³-hybridized carbons (Fsp3) is 0.475. The molecule has 8 rings (SSSR count). The Kier molecular flexibility index (Phi) is 13.2. The molecule has 0 heterocycles. The van der Waals surface area contributed by atoms with Crippen LogP contribution >= 0.6 is 0 Å². The lowest BCUT2D eigenvalue weighted by atomic mass is 9.76. The smallest absolute Gasteiger partial charge is 0.308 e. The predicted molar refractivity (Wildman–Crippen MR) is 260 cm³/mol. The molecule has 5 nitrogen and oxygen atoms in total. The second-order valence-electron chi connectivity index (χ2n) is 21.7. The molecule has 5 aromatic rings. The van der Waals surface area contributed by atoms with Crippen LogP contribution in [0.25, 0.3) is 0 Å². The summed E-state index contributed by atoms with van der Waals surface area (Å²) in [5.74, 6) is -2.12. The molecule has 3 fully saturated rings. The number of esters is 1. The van der Waals surface area contributed by atoms with E-state index < -0.39 is 45.8 Å². The molecule has 0 aromatic heterocycles. The standard InChI is InChI=1S/C59H68F4O5/c1-29-19-30(2)55(31(3)20-29)67-58(11,12)42-25-36(8)56(37(9)26-42)68-59(13,14)48-49(60)51(62)57(52(63)50(48)61)66-54-34(6)23-40(24-35(54)7)28-46-43-17-18-45(46)47-41(15-16-44(43)47)27-39-21-32(4)53(33(5)22-39)65-38(10)64/h19-26,41,43-47H,15-18,27-28H2,1-14H3. The summed E-state index contributed by atoms with van der Waals surface area (Å²) in [4.78, 5) is 11.7. The lowest BCUT2D eigenvalue weighted by Gasteiger charge is -2.32. The monoisotopic (exact) mass is 933 g/mol. The van der Waals surface area contributed by atoms with Crippen LogP contribution in [0.15, 0.2) is 48.5 Å². The number of fused-ring (bicyclic) bond motifs is 5. The van der Waals surface area contributed by atoms with Gasteiger partial charge in [-0.2, -0.15) is 8.78 Å². The van der Waals surface area contributed by atoms with Crippen molar-refractivity contribution >= 4 is 5.97 Å². The Balaban J connectivity index is 0.978. The third-order valence-corrected chi connectivity index (χ3v) is 15.6. The van der Waals surface area contributed by atoms with Gasteiger partial charge < -0.3 is 18.9 Å². The lowest BCUT2D eigenvalue weighted by Crippen LogP contribution is -2.31. The van der Waals surface area contributed by atoms with E-state index in [9.17, 15) is 4.79 Å². The normalized spacial score (nSPS) is 21.0. The third kappa shape index (κ3) is 9.04. The van der Waals surface area contributed by atoms with Gasteiger partial charge >= 0.3 is 5.97 Å². The number of benzene rings is 5. The van der Waals surface area contributed by atoms with Gasteiger partial charge in [0.05, 0.1) is 5.56 Å². The number of ether oxygens (including phenoxy) is 4. The van der Waals surface area contributed by atoms with Gasteiger partial charge in [0.15, 0.2) is 11.6 Å². The largest absolute Gasteiger partial charge is 0.483 e. The number of aryl methyl sites for hydroxylation is 9. The summed E-state index contributed by atoms with van der Waals surface area (Å²) < 4.78 is 89.1.